The van der Waals surface area contributed by atoms with E-state index in [1.807, 2.05) is 0 Å². The van der Waals surface area contributed by atoms with E-state index >= 15 is 0 Å². The summed E-state index contributed by atoms with van der Waals surface area (Å²) in [6.07, 6.45) is 1.54. The zero-order valence-electron chi connectivity index (χ0n) is 12.3. The first-order chi connectivity index (χ1) is 9.27. The predicted octanol–water partition coefficient (Wildman–Crippen LogP) is 2.64. The number of hydrogen-bond acceptors (Lipinski definition) is 4. The Morgan fingerprint density at radius 1 is 1.40 bits per heavy atom. The molecule has 0 saturated heterocycles. The molecule has 0 aliphatic carbocycles. The first-order valence-electron chi connectivity index (χ1n) is 6.40. The van der Waals surface area contributed by atoms with Gasteiger partial charge in [0.15, 0.2) is 0 Å². The van der Waals surface area contributed by atoms with Gasteiger partial charge in [-0.1, -0.05) is 27.4 Å². The Hall–Kier alpha value is -2.17. The van der Waals surface area contributed by atoms with Gasteiger partial charge in [0, 0.05) is 17.2 Å². The summed E-state index contributed by atoms with van der Waals surface area (Å²) in [5.41, 5.74) is 0.0766. The number of esters is 1. The van der Waals surface area contributed by atoms with E-state index in [0.29, 0.717) is 11.4 Å². The second-order valence-electron chi connectivity index (χ2n) is 5.30. The Bertz CT molecular complexity index is 530. The fourth-order valence-electron chi connectivity index (χ4n) is 1.37. The third-order valence-corrected chi connectivity index (χ3v) is 2.57. The Morgan fingerprint density at radius 3 is 2.60 bits per heavy atom. The lowest BCUT2D eigenvalue weighted by Gasteiger charge is -2.18. The van der Waals surface area contributed by atoms with E-state index in [-0.39, 0.29) is 18.1 Å². The van der Waals surface area contributed by atoms with Crippen LogP contribution in [-0.4, -0.2) is 23.5 Å². The maximum absolute atomic E-state index is 12.0. The van der Waals surface area contributed by atoms with Crippen LogP contribution in [0.2, 0.25) is 0 Å². The summed E-state index contributed by atoms with van der Waals surface area (Å²) in [6, 6.07) is 3.34. The molecule has 5 nitrogen and oxygen atoms in total. The number of aromatic nitrogens is 1. The number of carbonyl (C=O) groups excluding carboxylic acids is 2. The highest BCUT2D eigenvalue weighted by Crippen LogP contribution is 2.23. The van der Waals surface area contributed by atoms with Crippen LogP contribution in [0, 0.1) is 5.41 Å². The molecule has 108 valence electrons. The van der Waals surface area contributed by atoms with Gasteiger partial charge in [-0.2, -0.15) is 0 Å². The van der Waals surface area contributed by atoms with Crippen molar-refractivity contribution in [2.75, 3.05) is 11.9 Å². The van der Waals surface area contributed by atoms with Crippen LogP contribution in [0.4, 0.5) is 5.82 Å². The van der Waals surface area contributed by atoms with Crippen molar-refractivity contribution in [2.24, 2.45) is 5.41 Å². The molecule has 1 heterocycles. The van der Waals surface area contributed by atoms with Gasteiger partial charge in [-0.05, 0) is 19.1 Å². The molecule has 0 unspecified atom stereocenters. The van der Waals surface area contributed by atoms with Gasteiger partial charge in [-0.25, -0.2) is 9.78 Å². The van der Waals surface area contributed by atoms with Gasteiger partial charge < -0.3 is 10.1 Å². The van der Waals surface area contributed by atoms with Crippen molar-refractivity contribution in [3.8, 4) is 0 Å². The van der Waals surface area contributed by atoms with Crippen LogP contribution < -0.4 is 5.32 Å². The van der Waals surface area contributed by atoms with Crippen LogP contribution >= 0.6 is 0 Å². The zero-order chi connectivity index (χ0) is 15.3. The molecule has 1 N–H and O–H groups in total. The number of anilines is 1. The molecule has 0 radical (unpaired) electrons. The van der Waals surface area contributed by atoms with Gasteiger partial charge in [0.25, 0.3) is 0 Å². The van der Waals surface area contributed by atoms with Crippen LogP contribution in [0.25, 0.3) is 5.57 Å². The average molecular weight is 276 g/mol. The quantitative estimate of drug-likeness (QED) is 0.678. The van der Waals surface area contributed by atoms with Gasteiger partial charge >= 0.3 is 5.97 Å². The van der Waals surface area contributed by atoms with E-state index < -0.39 is 11.4 Å². The van der Waals surface area contributed by atoms with E-state index in [1.165, 1.54) is 0 Å². The van der Waals surface area contributed by atoms with E-state index in [1.54, 1.807) is 46.0 Å². The van der Waals surface area contributed by atoms with Crippen molar-refractivity contribution in [1.82, 2.24) is 4.98 Å². The molecule has 5 heteroatoms. The highest BCUT2D eigenvalue weighted by Gasteiger charge is 2.23. The fourth-order valence-corrected chi connectivity index (χ4v) is 1.37. The van der Waals surface area contributed by atoms with E-state index in [9.17, 15) is 9.59 Å². The van der Waals surface area contributed by atoms with Crippen molar-refractivity contribution in [3.05, 3.63) is 30.5 Å². The second kappa shape index (κ2) is 6.32. The number of nitrogens with one attached hydrogen (secondary N) is 1. The third kappa shape index (κ3) is 3.91. The van der Waals surface area contributed by atoms with E-state index in [2.05, 4.69) is 16.9 Å². The largest absolute Gasteiger partial charge is 0.462 e. The minimum absolute atomic E-state index is 0.171. The Kier molecular flexibility index (Phi) is 5.02. The van der Waals surface area contributed by atoms with Crippen LogP contribution in [0.15, 0.2) is 24.9 Å². The molecule has 20 heavy (non-hydrogen) atoms. The third-order valence-electron chi connectivity index (χ3n) is 2.57. The molecule has 0 saturated carbocycles. The van der Waals surface area contributed by atoms with Gasteiger partial charge in [0.2, 0.25) is 5.91 Å². The molecule has 0 fully saturated rings. The molecule has 0 bridgehead atoms. The number of hydrogen-bond donors (Lipinski definition) is 1. The Balaban J connectivity index is 3.03. The van der Waals surface area contributed by atoms with Gasteiger partial charge in [0.1, 0.15) is 5.82 Å². The lowest BCUT2D eigenvalue weighted by Crippen LogP contribution is -2.28. The highest BCUT2D eigenvalue weighted by atomic mass is 16.5. The van der Waals surface area contributed by atoms with Crippen LogP contribution in [0.1, 0.15) is 33.3 Å². The first kappa shape index (κ1) is 15.9. The molecule has 0 spiro atoms. The number of carbonyl (C=O) groups is 2. The molecular weight excluding hydrogens is 256 g/mol. The van der Waals surface area contributed by atoms with Crippen LogP contribution in [0.5, 0.6) is 0 Å². The SMILES string of the molecule is C=C(C(=O)OCC)c1cccnc1NC(=O)C(C)(C)C. The van der Waals surface area contributed by atoms with E-state index in [0.717, 1.165) is 0 Å². The fraction of sp³-hybridized carbons (Fsp3) is 0.400. The number of amides is 1. The standard InChI is InChI=1S/C15H20N2O3/c1-6-20-13(18)10(2)11-8-7-9-16-12(11)17-14(19)15(3,4)5/h7-9H,2,6H2,1,3-5H3,(H,16,17,19). The molecule has 0 atom stereocenters. The molecule has 1 aromatic heterocycles. The topological polar surface area (TPSA) is 68.3 Å². The summed E-state index contributed by atoms with van der Waals surface area (Å²) in [5.74, 6) is -0.397. The van der Waals surface area contributed by atoms with Gasteiger partial charge in [-0.15, -0.1) is 0 Å². The summed E-state index contributed by atoms with van der Waals surface area (Å²) < 4.78 is 4.91. The van der Waals surface area contributed by atoms with Crippen molar-refractivity contribution in [1.29, 1.82) is 0 Å². The molecule has 1 amide bonds. The average Bonchev–Trinajstić information content (AvgIpc) is 2.37. The van der Waals surface area contributed by atoms with Crippen molar-refractivity contribution in [2.45, 2.75) is 27.7 Å². The zero-order valence-corrected chi connectivity index (χ0v) is 12.3. The van der Waals surface area contributed by atoms with Crippen LogP contribution in [0.3, 0.4) is 0 Å². The highest BCUT2D eigenvalue weighted by molar-refractivity contribution is 6.17. The number of rotatable bonds is 4. The maximum atomic E-state index is 12.0. The van der Waals surface area contributed by atoms with Crippen molar-refractivity contribution in [3.63, 3.8) is 0 Å². The van der Waals surface area contributed by atoms with Gasteiger partial charge in [-0.3, -0.25) is 4.79 Å². The molecule has 1 aromatic rings. The Labute approximate surface area is 119 Å². The smallest absolute Gasteiger partial charge is 0.338 e. The number of ether oxygens (including phenoxy) is 1. The Morgan fingerprint density at radius 2 is 2.05 bits per heavy atom. The normalized spacial score (nSPS) is 10.8. The summed E-state index contributed by atoms with van der Waals surface area (Å²) in [7, 11) is 0. The van der Waals surface area contributed by atoms with Crippen LogP contribution in [-0.2, 0) is 14.3 Å². The van der Waals surface area contributed by atoms with Gasteiger partial charge in [0.05, 0.1) is 12.2 Å². The second-order valence-corrected chi connectivity index (χ2v) is 5.30. The summed E-state index contributed by atoms with van der Waals surface area (Å²) in [4.78, 5) is 27.8. The number of nitrogens with zero attached hydrogens (tertiary/aromatic N) is 1. The molecule has 1 rings (SSSR count). The molecule has 0 aromatic carbocycles. The number of pyridine rings is 1. The summed E-state index contributed by atoms with van der Waals surface area (Å²) in [6.45, 7) is 11.1. The lowest BCUT2D eigenvalue weighted by atomic mass is 9.95. The summed E-state index contributed by atoms with van der Waals surface area (Å²) >= 11 is 0. The molecular formula is C15H20N2O3. The predicted molar refractivity (Wildman–Crippen MR) is 78.0 cm³/mol. The molecule has 0 aliphatic rings. The minimum Gasteiger partial charge on any atom is -0.462 e. The minimum atomic E-state index is -0.556. The lowest BCUT2D eigenvalue weighted by molar-refractivity contribution is -0.136. The monoisotopic (exact) mass is 276 g/mol. The van der Waals surface area contributed by atoms with Crippen molar-refractivity contribution < 1.29 is 14.3 Å². The first-order valence-corrected chi connectivity index (χ1v) is 6.40. The van der Waals surface area contributed by atoms with E-state index in [4.69, 9.17) is 4.74 Å². The molecule has 0 aliphatic heterocycles. The maximum Gasteiger partial charge on any atom is 0.338 e. The van der Waals surface area contributed by atoms with Crippen molar-refractivity contribution >= 4 is 23.3 Å². The summed E-state index contributed by atoms with van der Waals surface area (Å²) in [5, 5.41) is 2.71.